The molecule has 1 aromatic rings. The number of hydrogen-bond donors (Lipinski definition) is 3. The van der Waals surface area contributed by atoms with E-state index in [1.807, 2.05) is 0 Å². The van der Waals surface area contributed by atoms with Crippen molar-refractivity contribution in [2.45, 2.75) is 64.2 Å². The lowest BCUT2D eigenvalue weighted by Crippen LogP contribution is -2.39. The molecule has 4 N–H and O–H groups in total. The van der Waals surface area contributed by atoms with Gasteiger partial charge >= 0.3 is 0 Å². The second kappa shape index (κ2) is 14.0. The van der Waals surface area contributed by atoms with Crippen LogP contribution in [-0.4, -0.2) is 57.2 Å². The summed E-state index contributed by atoms with van der Waals surface area (Å²) in [5.74, 6) is 1.74. The van der Waals surface area contributed by atoms with E-state index in [9.17, 15) is 4.79 Å². The van der Waals surface area contributed by atoms with Gasteiger partial charge < -0.3 is 26.0 Å². The van der Waals surface area contributed by atoms with Crippen molar-refractivity contribution in [3.63, 3.8) is 0 Å². The van der Waals surface area contributed by atoms with Gasteiger partial charge in [0.05, 0.1) is 23.4 Å². The number of amides is 1. The standard InChI is InChI=1S/C26H43ClN4O2/c1-33-25-17-24(28)23(27)16-22(25)26(32)30-19-21-10-14-31(15-11-21)13-7-3-6-12-29-18-20-8-4-2-5-9-20/h16-17,20-21,29H,2-15,18-19,28H2,1H3,(H,30,32). The number of ether oxygens (including phenoxy) is 1. The summed E-state index contributed by atoms with van der Waals surface area (Å²) in [6.07, 6.45) is 13.3. The second-order valence-electron chi connectivity index (χ2n) is 9.84. The van der Waals surface area contributed by atoms with Crippen LogP contribution in [-0.2, 0) is 0 Å². The number of carbonyl (C=O) groups excluding carboxylic acids is 1. The van der Waals surface area contributed by atoms with Crippen LogP contribution in [0.15, 0.2) is 12.1 Å². The SMILES string of the molecule is COc1cc(N)c(Cl)cc1C(=O)NCC1CCN(CCCCCNCC2CCCCC2)CC1. The number of hydrogen-bond acceptors (Lipinski definition) is 5. The maximum atomic E-state index is 12.6. The maximum absolute atomic E-state index is 12.6. The summed E-state index contributed by atoms with van der Waals surface area (Å²) in [5, 5.41) is 7.10. The summed E-state index contributed by atoms with van der Waals surface area (Å²) >= 11 is 6.09. The van der Waals surface area contributed by atoms with Crippen LogP contribution in [0.5, 0.6) is 5.75 Å². The number of nitrogens with two attached hydrogens (primary N) is 1. The Kier molecular flexibility index (Phi) is 11.1. The molecule has 0 atom stereocenters. The van der Waals surface area contributed by atoms with Gasteiger partial charge in [-0.2, -0.15) is 0 Å². The minimum atomic E-state index is -0.159. The van der Waals surface area contributed by atoms with E-state index in [4.69, 9.17) is 22.1 Å². The number of methoxy groups -OCH3 is 1. The third kappa shape index (κ3) is 8.66. The number of carbonyl (C=O) groups is 1. The molecule has 1 aliphatic heterocycles. The van der Waals surface area contributed by atoms with Gasteiger partial charge in [-0.3, -0.25) is 4.79 Å². The van der Waals surface area contributed by atoms with Crippen molar-refractivity contribution in [1.82, 2.24) is 15.5 Å². The van der Waals surface area contributed by atoms with Crippen molar-refractivity contribution >= 4 is 23.2 Å². The van der Waals surface area contributed by atoms with E-state index in [0.717, 1.165) is 31.8 Å². The molecule has 1 saturated carbocycles. The average molecular weight is 479 g/mol. The van der Waals surface area contributed by atoms with E-state index >= 15 is 0 Å². The highest BCUT2D eigenvalue weighted by molar-refractivity contribution is 6.33. The molecule has 6 nitrogen and oxygen atoms in total. The van der Waals surface area contributed by atoms with Crippen LogP contribution in [0.4, 0.5) is 5.69 Å². The first-order valence-corrected chi connectivity index (χ1v) is 13.3. The Morgan fingerprint density at radius 1 is 1.06 bits per heavy atom. The van der Waals surface area contributed by atoms with Crippen LogP contribution < -0.4 is 21.1 Å². The van der Waals surface area contributed by atoms with Crippen LogP contribution >= 0.6 is 11.6 Å². The number of piperidine rings is 1. The van der Waals surface area contributed by atoms with Gasteiger partial charge in [-0.25, -0.2) is 0 Å². The Labute approximate surface area is 204 Å². The topological polar surface area (TPSA) is 79.6 Å². The molecule has 1 aromatic carbocycles. The lowest BCUT2D eigenvalue weighted by Gasteiger charge is -2.32. The average Bonchev–Trinajstić information content (AvgIpc) is 2.84. The third-order valence-corrected chi connectivity index (χ3v) is 7.63. The number of nitrogen functional groups attached to an aromatic ring is 1. The summed E-state index contributed by atoms with van der Waals surface area (Å²) in [7, 11) is 1.53. The fourth-order valence-electron chi connectivity index (χ4n) is 5.12. The van der Waals surface area contributed by atoms with Crippen molar-refractivity contribution in [2.75, 3.05) is 52.1 Å². The molecule has 1 amide bonds. The van der Waals surface area contributed by atoms with Crippen LogP contribution in [0, 0.1) is 11.8 Å². The van der Waals surface area contributed by atoms with Gasteiger partial charge in [0.25, 0.3) is 5.91 Å². The van der Waals surface area contributed by atoms with Gasteiger partial charge in [0.15, 0.2) is 0 Å². The summed E-state index contributed by atoms with van der Waals surface area (Å²) in [6, 6.07) is 3.18. The van der Waals surface area contributed by atoms with Crippen molar-refractivity contribution in [1.29, 1.82) is 0 Å². The smallest absolute Gasteiger partial charge is 0.255 e. The van der Waals surface area contributed by atoms with E-state index in [1.165, 1.54) is 78.1 Å². The van der Waals surface area contributed by atoms with Gasteiger partial charge in [-0.15, -0.1) is 0 Å². The molecule has 0 bridgehead atoms. The van der Waals surface area contributed by atoms with Crippen LogP contribution in [0.1, 0.15) is 74.6 Å². The molecule has 0 spiro atoms. The first-order valence-electron chi connectivity index (χ1n) is 12.9. The molecule has 0 aromatic heterocycles. The number of likely N-dealkylation sites (tertiary alicyclic amines) is 1. The minimum absolute atomic E-state index is 0.159. The van der Waals surface area contributed by atoms with Gasteiger partial charge in [-0.1, -0.05) is 37.3 Å². The van der Waals surface area contributed by atoms with E-state index in [-0.39, 0.29) is 5.91 Å². The van der Waals surface area contributed by atoms with Gasteiger partial charge in [0.2, 0.25) is 0 Å². The monoisotopic (exact) mass is 478 g/mol. The zero-order chi connectivity index (χ0) is 23.5. The Morgan fingerprint density at radius 2 is 1.79 bits per heavy atom. The Balaban J connectivity index is 1.24. The molecular weight excluding hydrogens is 436 g/mol. The second-order valence-corrected chi connectivity index (χ2v) is 10.2. The minimum Gasteiger partial charge on any atom is -0.496 e. The number of benzene rings is 1. The summed E-state index contributed by atoms with van der Waals surface area (Å²) < 4.78 is 5.29. The van der Waals surface area contributed by atoms with Gasteiger partial charge in [-0.05, 0) is 89.2 Å². The lowest BCUT2D eigenvalue weighted by molar-refractivity contribution is 0.0933. The van der Waals surface area contributed by atoms with Crippen molar-refractivity contribution in [3.05, 3.63) is 22.7 Å². The molecule has 2 fully saturated rings. The molecule has 2 aliphatic rings. The predicted octanol–water partition coefficient (Wildman–Crippen LogP) is 4.71. The fraction of sp³-hybridized carbons (Fsp3) is 0.731. The number of rotatable bonds is 12. The highest BCUT2D eigenvalue weighted by Gasteiger charge is 2.21. The number of anilines is 1. The molecule has 1 saturated heterocycles. The molecule has 33 heavy (non-hydrogen) atoms. The molecule has 1 heterocycles. The quantitative estimate of drug-likeness (QED) is 0.299. The van der Waals surface area contributed by atoms with Crippen molar-refractivity contribution in [2.24, 2.45) is 11.8 Å². The first-order chi connectivity index (χ1) is 16.1. The molecule has 3 rings (SSSR count). The zero-order valence-corrected chi connectivity index (χ0v) is 21.1. The summed E-state index contributed by atoms with van der Waals surface area (Å²) in [6.45, 7) is 6.52. The fourth-order valence-corrected chi connectivity index (χ4v) is 5.29. The normalized spacial score (nSPS) is 18.4. The Bertz CT molecular complexity index is 731. The summed E-state index contributed by atoms with van der Waals surface area (Å²) in [4.78, 5) is 15.2. The Morgan fingerprint density at radius 3 is 2.52 bits per heavy atom. The van der Waals surface area contributed by atoms with Crippen molar-refractivity contribution in [3.8, 4) is 5.75 Å². The third-order valence-electron chi connectivity index (χ3n) is 7.31. The number of nitrogens with one attached hydrogen (secondary N) is 2. The maximum Gasteiger partial charge on any atom is 0.255 e. The van der Waals surface area contributed by atoms with Crippen LogP contribution in [0.2, 0.25) is 5.02 Å². The molecule has 7 heteroatoms. The van der Waals surface area contributed by atoms with Gasteiger partial charge in [0.1, 0.15) is 5.75 Å². The number of nitrogens with zero attached hydrogens (tertiary/aromatic N) is 1. The molecule has 0 unspecified atom stereocenters. The highest BCUT2D eigenvalue weighted by Crippen LogP contribution is 2.29. The zero-order valence-electron chi connectivity index (χ0n) is 20.3. The highest BCUT2D eigenvalue weighted by atomic mass is 35.5. The van der Waals surface area contributed by atoms with Gasteiger partial charge in [0, 0.05) is 12.6 Å². The van der Waals surface area contributed by atoms with E-state index in [2.05, 4.69) is 15.5 Å². The largest absolute Gasteiger partial charge is 0.496 e. The Hall–Kier alpha value is -1.50. The molecule has 1 aliphatic carbocycles. The molecule has 186 valence electrons. The summed E-state index contributed by atoms with van der Waals surface area (Å²) in [5.41, 5.74) is 6.65. The number of halogens is 1. The van der Waals surface area contributed by atoms with Crippen molar-refractivity contribution < 1.29 is 9.53 Å². The predicted molar refractivity (Wildman–Crippen MR) is 137 cm³/mol. The lowest BCUT2D eigenvalue weighted by atomic mass is 9.89. The van der Waals surface area contributed by atoms with E-state index in [0.29, 0.717) is 34.5 Å². The van der Waals surface area contributed by atoms with Crippen LogP contribution in [0.25, 0.3) is 0 Å². The van der Waals surface area contributed by atoms with E-state index < -0.39 is 0 Å². The van der Waals surface area contributed by atoms with Crippen LogP contribution in [0.3, 0.4) is 0 Å². The first kappa shape index (κ1) is 26.1. The van der Waals surface area contributed by atoms with E-state index in [1.54, 1.807) is 12.1 Å². The number of unbranched alkanes of at least 4 members (excludes halogenated alkanes) is 2. The molecule has 0 radical (unpaired) electrons. The molecular formula is C26H43ClN4O2.